The first kappa shape index (κ1) is 11.6. The maximum atomic E-state index is 5.69. The third-order valence-electron chi connectivity index (χ3n) is 2.49. The van der Waals surface area contributed by atoms with Gasteiger partial charge in [-0.2, -0.15) is 0 Å². The molecule has 1 aromatic heterocycles. The Balaban J connectivity index is 1.99. The summed E-state index contributed by atoms with van der Waals surface area (Å²) in [4.78, 5) is 0. The summed E-state index contributed by atoms with van der Waals surface area (Å²) in [6, 6.07) is 8.44. The van der Waals surface area contributed by atoms with E-state index in [1.54, 1.807) is 11.3 Å². The molecule has 2 aromatic rings. The van der Waals surface area contributed by atoms with Crippen LogP contribution in [0, 0.1) is 6.92 Å². The van der Waals surface area contributed by atoms with Crippen molar-refractivity contribution >= 4 is 22.9 Å². The van der Waals surface area contributed by atoms with Gasteiger partial charge in [0.15, 0.2) is 0 Å². The van der Waals surface area contributed by atoms with Gasteiger partial charge in [-0.05, 0) is 24.5 Å². The normalized spacial score (nSPS) is 10.6. The van der Waals surface area contributed by atoms with Crippen LogP contribution in [-0.4, -0.2) is 10.2 Å². The van der Waals surface area contributed by atoms with Crippen molar-refractivity contribution in [3.05, 3.63) is 45.4 Å². The Labute approximate surface area is 104 Å². The van der Waals surface area contributed by atoms with E-state index in [0.717, 1.165) is 22.9 Å². The molecule has 1 heterocycles. The first-order valence-electron chi connectivity index (χ1n) is 5.21. The van der Waals surface area contributed by atoms with E-state index in [1.165, 1.54) is 11.1 Å². The van der Waals surface area contributed by atoms with Gasteiger partial charge in [0.1, 0.15) is 10.0 Å². The molecule has 1 aromatic carbocycles. The van der Waals surface area contributed by atoms with Crippen LogP contribution >= 0.6 is 22.9 Å². The van der Waals surface area contributed by atoms with Gasteiger partial charge in [-0.1, -0.05) is 24.3 Å². The zero-order valence-electron chi connectivity index (χ0n) is 9.11. The highest BCUT2D eigenvalue weighted by Crippen LogP contribution is 2.15. The van der Waals surface area contributed by atoms with E-state index >= 15 is 0 Å². The van der Waals surface area contributed by atoms with Crippen molar-refractivity contribution in [2.24, 2.45) is 0 Å². The minimum atomic E-state index is 0.460. The Bertz CT molecular complexity index is 468. The fraction of sp³-hybridized carbons (Fsp3) is 0.333. The van der Waals surface area contributed by atoms with Crippen LogP contribution in [0.2, 0.25) is 0 Å². The quantitative estimate of drug-likeness (QED) is 0.780. The summed E-state index contributed by atoms with van der Waals surface area (Å²) >= 11 is 7.29. The lowest BCUT2D eigenvalue weighted by atomic mass is 10.0. The van der Waals surface area contributed by atoms with E-state index in [4.69, 9.17) is 11.6 Å². The van der Waals surface area contributed by atoms with Crippen LogP contribution < -0.4 is 0 Å². The zero-order valence-corrected chi connectivity index (χ0v) is 10.7. The summed E-state index contributed by atoms with van der Waals surface area (Å²) in [5, 5.41) is 10.1. The molecule has 0 aliphatic rings. The largest absolute Gasteiger partial charge is 0.144 e. The van der Waals surface area contributed by atoms with E-state index in [9.17, 15) is 0 Å². The lowest BCUT2D eigenvalue weighted by molar-refractivity contribution is 0.891. The molecular weight excluding hydrogens is 240 g/mol. The highest BCUT2D eigenvalue weighted by atomic mass is 35.5. The standard InChI is InChI=1S/C12H13ClN2S/c1-9-4-2-3-5-10(9)6-7-11-14-15-12(8-13)16-11/h2-5H,6-8H2,1H3. The fourth-order valence-corrected chi connectivity index (χ4v) is 2.49. The number of halogens is 1. The van der Waals surface area contributed by atoms with Crippen LogP contribution in [-0.2, 0) is 18.7 Å². The molecular formula is C12H13ClN2S. The Morgan fingerprint density at radius 2 is 1.88 bits per heavy atom. The van der Waals surface area contributed by atoms with Gasteiger partial charge in [0, 0.05) is 6.42 Å². The Kier molecular flexibility index (Phi) is 3.91. The molecule has 0 N–H and O–H groups in total. The number of rotatable bonds is 4. The summed E-state index contributed by atoms with van der Waals surface area (Å²) in [7, 11) is 0. The Morgan fingerprint density at radius 1 is 1.12 bits per heavy atom. The fourth-order valence-electron chi connectivity index (χ4n) is 1.58. The minimum Gasteiger partial charge on any atom is -0.144 e. The van der Waals surface area contributed by atoms with Gasteiger partial charge in [-0.15, -0.1) is 33.1 Å². The summed E-state index contributed by atoms with van der Waals surface area (Å²) in [6.07, 6.45) is 1.96. The predicted molar refractivity (Wildman–Crippen MR) is 68.1 cm³/mol. The average Bonchev–Trinajstić information content (AvgIpc) is 2.76. The Hall–Kier alpha value is -0.930. The third-order valence-corrected chi connectivity index (χ3v) is 3.89. The third kappa shape index (κ3) is 2.80. The first-order valence-corrected chi connectivity index (χ1v) is 6.56. The van der Waals surface area contributed by atoms with E-state index in [1.807, 2.05) is 0 Å². The maximum Gasteiger partial charge on any atom is 0.132 e. The summed E-state index contributed by atoms with van der Waals surface area (Å²) in [5.74, 6) is 0.460. The van der Waals surface area contributed by atoms with E-state index < -0.39 is 0 Å². The first-order chi connectivity index (χ1) is 7.79. The summed E-state index contributed by atoms with van der Waals surface area (Å²) < 4.78 is 0. The number of nitrogens with zero attached hydrogens (tertiary/aromatic N) is 2. The SMILES string of the molecule is Cc1ccccc1CCc1nnc(CCl)s1. The van der Waals surface area contributed by atoms with Gasteiger partial charge in [0.05, 0.1) is 5.88 Å². The highest BCUT2D eigenvalue weighted by molar-refractivity contribution is 7.11. The molecule has 0 fully saturated rings. The van der Waals surface area contributed by atoms with Gasteiger partial charge in [-0.25, -0.2) is 0 Å². The number of alkyl halides is 1. The smallest absolute Gasteiger partial charge is 0.132 e. The zero-order chi connectivity index (χ0) is 11.4. The predicted octanol–water partition coefficient (Wildman–Crippen LogP) is 3.37. The molecule has 0 saturated heterocycles. The number of aryl methyl sites for hydroxylation is 3. The molecule has 2 nitrogen and oxygen atoms in total. The van der Waals surface area contributed by atoms with Crippen molar-refractivity contribution in [3.63, 3.8) is 0 Å². The van der Waals surface area contributed by atoms with Crippen LogP contribution in [0.25, 0.3) is 0 Å². The minimum absolute atomic E-state index is 0.460. The molecule has 0 spiro atoms. The molecule has 0 unspecified atom stereocenters. The molecule has 0 bridgehead atoms. The maximum absolute atomic E-state index is 5.69. The van der Waals surface area contributed by atoms with Gasteiger partial charge in [0.25, 0.3) is 0 Å². The van der Waals surface area contributed by atoms with E-state index in [-0.39, 0.29) is 0 Å². The van der Waals surface area contributed by atoms with Crippen molar-refractivity contribution < 1.29 is 0 Å². The van der Waals surface area contributed by atoms with Gasteiger partial charge >= 0.3 is 0 Å². The van der Waals surface area contributed by atoms with Crippen LogP contribution in [0.15, 0.2) is 24.3 Å². The second-order valence-corrected chi connectivity index (χ2v) is 5.06. The molecule has 4 heteroatoms. The van der Waals surface area contributed by atoms with Crippen molar-refractivity contribution in [1.82, 2.24) is 10.2 Å². The molecule has 84 valence electrons. The number of aromatic nitrogens is 2. The number of hydrogen-bond acceptors (Lipinski definition) is 3. The lowest BCUT2D eigenvalue weighted by Gasteiger charge is -2.02. The van der Waals surface area contributed by atoms with Gasteiger partial charge < -0.3 is 0 Å². The topological polar surface area (TPSA) is 25.8 Å². The van der Waals surface area contributed by atoms with E-state index in [2.05, 4.69) is 41.4 Å². The second-order valence-electron chi connectivity index (χ2n) is 3.65. The van der Waals surface area contributed by atoms with Crippen molar-refractivity contribution in [3.8, 4) is 0 Å². The lowest BCUT2D eigenvalue weighted by Crippen LogP contribution is -1.93. The molecule has 0 saturated carbocycles. The van der Waals surface area contributed by atoms with Gasteiger partial charge in [-0.3, -0.25) is 0 Å². The summed E-state index contributed by atoms with van der Waals surface area (Å²) in [5.41, 5.74) is 2.72. The Morgan fingerprint density at radius 3 is 2.56 bits per heavy atom. The monoisotopic (exact) mass is 252 g/mol. The molecule has 0 aliphatic carbocycles. The molecule has 0 aliphatic heterocycles. The van der Waals surface area contributed by atoms with Crippen LogP contribution in [0.5, 0.6) is 0 Å². The number of hydrogen-bond donors (Lipinski definition) is 0. The van der Waals surface area contributed by atoms with Crippen LogP contribution in [0.4, 0.5) is 0 Å². The van der Waals surface area contributed by atoms with Crippen molar-refractivity contribution in [2.75, 3.05) is 0 Å². The highest BCUT2D eigenvalue weighted by Gasteiger charge is 2.04. The van der Waals surface area contributed by atoms with Crippen LogP contribution in [0.3, 0.4) is 0 Å². The van der Waals surface area contributed by atoms with Crippen LogP contribution in [0.1, 0.15) is 21.1 Å². The molecule has 2 rings (SSSR count). The average molecular weight is 253 g/mol. The molecule has 0 amide bonds. The number of benzene rings is 1. The molecule has 0 atom stereocenters. The second kappa shape index (κ2) is 5.41. The molecule has 0 radical (unpaired) electrons. The summed E-state index contributed by atoms with van der Waals surface area (Å²) in [6.45, 7) is 2.14. The molecule has 16 heavy (non-hydrogen) atoms. The van der Waals surface area contributed by atoms with Gasteiger partial charge in [0.2, 0.25) is 0 Å². The van der Waals surface area contributed by atoms with E-state index in [0.29, 0.717) is 5.88 Å². The van der Waals surface area contributed by atoms with Crippen molar-refractivity contribution in [2.45, 2.75) is 25.6 Å². The van der Waals surface area contributed by atoms with Crippen molar-refractivity contribution in [1.29, 1.82) is 0 Å².